The number of benzene rings is 2. The Balaban J connectivity index is 1.54. The van der Waals surface area contributed by atoms with Crippen molar-refractivity contribution < 1.29 is 37.3 Å². The number of aliphatic hydroxyl groups excluding tert-OH is 1. The van der Waals surface area contributed by atoms with Crippen LogP contribution >= 0.6 is 0 Å². The van der Waals surface area contributed by atoms with E-state index in [0.717, 1.165) is 0 Å². The van der Waals surface area contributed by atoms with Crippen molar-refractivity contribution in [2.75, 3.05) is 40.2 Å². The van der Waals surface area contributed by atoms with E-state index in [1.54, 1.807) is 31.2 Å². The predicted octanol–water partition coefficient (Wildman–Crippen LogP) is 0.818. The number of carbonyl (C=O) groups excluding carboxylic acids is 1. The molecule has 3 rings (SSSR count). The van der Waals surface area contributed by atoms with Gasteiger partial charge in [0.25, 0.3) is 5.91 Å². The second-order valence-electron chi connectivity index (χ2n) is 7.06. The van der Waals surface area contributed by atoms with Crippen LogP contribution < -0.4 is 24.2 Å². The van der Waals surface area contributed by atoms with Crippen LogP contribution in [0.2, 0.25) is 0 Å². The van der Waals surface area contributed by atoms with Gasteiger partial charge in [-0.3, -0.25) is 4.79 Å². The van der Waals surface area contributed by atoms with Crippen molar-refractivity contribution in [3.8, 4) is 17.2 Å². The number of aryl methyl sites for hydroxylation is 1. The Bertz CT molecular complexity index is 1060. The molecule has 0 saturated heterocycles. The molecule has 1 unspecified atom stereocenters. The smallest absolute Gasteiger partial charge is 0.251 e. The molecule has 10 nitrogen and oxygen atoms in total. The fraction of sp³-hybridized carbons (Fsp3) is 0.381. The highest BCUT2D eigenvalue weighted by Crippen LogP contribution is 2.35. The molecule has 0 spiro atoms. The van der Waals surface area contributed by atoms with E-state index in [1.165, 1.54) is 19.2 Å². The molecule has 1 aliphatic heterocycles. The first kappa shape index (κ1) is 23.8. The van der Waals surface area contributed by atoms with Crippen LogP contribution in [0.5, 0.6) is 17.2 Å². The number of ether oxygens (including phenoxy) is 4. The van der Waals surface area contributed by atoms with Crippen molar-refractivity contribution in [3.63, 3.8) is 0 Å². The fourth-order valence-electron chi connectivity index (χ4n) is 2.90. The second-order valence-corrected chi connectivity index (χ2v) is 8.82. The van der Waals surface area contributed by atoms with E-state index in [4.69, 9.17) is 18.9 Å². The molecule has 174 valence electrons. The van der Waals surface area contributed by atoms with Gasteiger partial charge in [-0.25, -0.2) is 13.1 Å². The number of hydrogen-bond acceptors (Lipinski definition) is 8. The maximum atomic E-state index is 12.6. The summed E-state index contributed by atoms with van der Waals surface area (Å²) < 4.78 is 48.0. The van der Waals surface area contributed by atoms with E-state index in [2.05, 4.69) is 10.0 Å². The molecule has 11 heteroatoms. The number of nitrogens with one attached hydrogen (secondary N) is 2. The summed E-state index contributed by atoms with van der Waals surface area (Å²) in [6, 6.07) is 9.34. The van der Waals surface area contributed by atoms with Gasteiger partial charge in [-0.2, -0.15) is 0 Å². The number of methoxy groups -OCH3 is 1. The summed E-state index contributed by atoms with van der Waals surface area (Å²) in [5.74, 6) is 1.18. The van der Waals surface area contributed by atoms with Gasteiger partial charge in [-0.05, 0) is 36.8 Å². The average molecular weight is 467 g/mol. The second kappa shape index (κ2) is 10.6. The highest BCUT2D eigenvalue weighted by atomic mass is 32.2. The van der Waals surface area contributed by atoms with Crippen LogP contribution in [0.15, 0.2) is 41.3 Å². The van der Waals surface area contributed by atoms with Crippen LogP contribution in [0.25, 0.3) is 0 Å². The molecule has 0 bridgehead atoms. The van der Waals surface area contributed by atoms with Crippen LogP contribution in [0.1, 0.15) is 15.9 Å². The minimum atomic E-state index is -3.78. The Hall–Kier alpha value is -2.86. The van der Waals surface area contributed by atoms with Gasteiger partial charge >= 0.3 is 0 Å². The zero-order valence-corrected chi connectivity index (χ0v) is 18.6. The van der Waals surface area contributed by atoms with Gasteiger partial charge in [0.05, 0.1) is 11.5 Å². The molecule has 1 heterocycles. The third kappa shape index (κ3) is 6.10. The van der Waals surface area contributed by atoms with Crippen molar-refractivity contribution >= 4 is 15.9 Å². The Labute approximate surface area is 186 Å². The van der Waals surface area contributed by atoms with Crippen LogP contribution in [0.3, 0.4) is 0 Å². The maximum absolute atomic E-state index is 12.6. The highest BCUT2D eigenvalue weighted by Gasteiger charge is 2.19. The largest absolute Gasteiger partial charge is 0.491 e. The van der Waals surface area contributed by atoms with Gasteiger partial charge in [-0.1, -0.05) is 6.07 Å². The Morgan fingerprint density at radius 2 is 1.97 bits per heavy atom. The summed E-state index contributed by atoms with van der Waals surface area (Å²) in [4.78, 5) is 12.6. The van der Waals surface area contributed by atoms with Gasteiger partial charge in [0.2, 0.25) is 16.8 Å². The van der Waals surface area contributed by atoms with Crippen LogP contribution in [0.4, 0.5) is 0 Å². The molecule has 2 aromatic carbocycles. The number of aliphatic hydroxyl groups is 1. The van der Waals surface area contributed by atoms with Crippen LogP contribution in [-0.4, -0.2) is 65.7 Å². The zero-order valence-electron chi connectivity index (χ0n) is 17.8. The topological polar surface area (TPSA) is 132 Å². The zero-order chi connectivity index (χ0) is 23.1. The molecule has 32 heavy (non-hydrogen) atoms. The number of rotatable bonds is 11. The monoisotopic (exact) mass is 466 g/mol. The predicted molar refractivity (Wildman–Crippen MR) is 115 cm³/mol. The normalized spacial score (nSPS) is 13.6. The Morgan fingerprint density at radius 3 is 2.75 bits per heavy atom. The molecule has 3 N–H and O–H groups in total. The lowest BCUT2D eigenvalue weighted by Crippen LogP contribution is -2.35. The van der Waals surface area contributed by atoms with Crippen LogP contribution in [-0.2, 0) is 14.8 Å². The van der Waals surface area contributed by atoms with Crippen molar-refractivity contribution in [2.45, 2.75) is 17.9 Å². The number of hydrogen-bond donors (Lipinski definition) is 3. The molecule has 1 atom stereocenters. The summed E-state index contributed by atoms with van der Waals surface area (Å²) >= 11 is 0. The van der Waals surface area contributed by atoms with E-state index in [0.29, 0.717) is 22.8 Å². The molecule has 0 aliphatic carbocycles. The standard InChI is InChI=1S/C21H26N2O8S/c1-14-3-5-17(32(26,27)23-7-8-28-2)10-18(14)21(25)22-11-15(24)12-29-16-4-6-19-20(9-16)31-13-30-19/h3-6,9-10,15,23-24H,7-8,11-13H2,1-2H3,(H,22,25). The molecular weight excluding hydrogens is 440 g/mol. The van der Waals surface area contributed by atoms with E-state index in [1.807, 2.05) is 0 Å². The van der Waals surface area contributed by atoms with E-state index >= 15 is 0 Å². The first-order valence-corrected chi connectivity index (χ1v) is 11.4. The number of sulfonamides is 1. The summed E-state index contributed by atoms with van der Waals surface area (Å²) in [6.07, 6.45) is -0.979. The van der Waals surface area contributed by atoms with Gasteiger partial charge in [0.1, 0.15) is 18.5 Å². The minimum Gasteiger partial charge on any atom is -0.491 e. The SMILES string of the molecule is COCCNS(=O)(=O)c1ccc(C)c(C(=O)NCC(O)COc2ccc3c(c2)OCO3)c1. The summed E-state index contributed by atoms with van der Waals surface area (Å²) in [5, 5.41) is 12.8. The molecule has 2 aromatic rings. The molecule has 0 aromatic heterocycles. The number of fused-ring (bicyclic) bond motifs is 1. The van der Waals surface area contributed by atoms with Crippen molar-refractivity contribution in [3.05, 3.63) is 47.5 Å². The highest BCUT2D eigenvalue weighted by molar-refractivity contribution is 7.89. The molecule has 0 radical (unpaired) electrons. The third-order valence-corrected chi connectivity index (χ3v) is 6.11. The first-order valence-electron chi connectivity index (χ1n) is 9.88. The van der Waals surface area contributed by atoms with E-state index in [-0.39, 0.29) is 43.6 Å². The van der Waals surface area contributed by atoms with Crippen molar-refractivity contribution in [2.24, 2.45) is 0 Å². The molecule has 0 fully saturated rings. The first-order chi connectivity index (χ1) is 15.3. The number of carbonyl (C=O) groups is 1. The van der Waals surface area contributed by atoms with Gasteiger partial charge in [0.15, 0.2) is 11.5 Å². The van der Waals surface area contributed by atoms with Crippen LogP contribution in [0, 0.1) is 6.92 Å². The summed E-state index contributed by atoms with van der Waals surface area (Å²) in [5.41, 5.74) is 0.799. The quantitative estimate of drug-likeness (QED) is 0.415. The maximum Gasteiger partial charge on any atom is 0.251 e. The molecule has 0 saturated carbocycles. The summed E-state index contributed by atoms with van der Waals surface area (Å²) in [7, 11) is -2.31. The number of amides is 1. The summed E-state index contributed by atoms with van der Waals surface area (Å²) in [6.45, 7) is 2.05. The lowest BCUT2D eigenvalue weighted by molar-refractivity contribution is 0.0843. The third-order valence-electron chi connectivity index (χ3n) is 4.65. The Kier molecular flexibility index (Phi) is 7.91. The lowest BCUT2D eigenvalue weighted by Gasteiger charge is -2.15. The van der Waals surface area contributed by atoms with Crippen molar-refractivity contribution in [1.82, 2.24) is 10.0 Å². The fourth-order valence-corrected chi connectivity index (χ4v) is 3.94. The molecule has 1 amide bonds. The van der Waals surface area contributed by atoms with Gasteiger partial charge in [0, 0.05) is 31.8 Å². The lowest BCUT2D eigenvalue weighted by atomic mass is 10.1. The van der Waals surface area contributed by atoms with E-state index < -0.39 is 22.0 Å². The molecular formula is C21H26N2O8S. The van der Waals surface area contributed by atoms with E-state index in [9.17, 15) is 18.3 Å². The van der Waals surface area contributed by atoms with Gasteiger partial charge in [-0.15, -0.1) is 0 Å². The molecule has 1 aliphatic rings. The van der Waals surface area contributed by atoms with Crippen molar-refractivity contribution in [1.29, 1.82) is 0 Å². The minimum absolute atomic E-state index is 0.0314. The average Bonchev–Trinajstić information content (AvgIpc) is 3.24. The van der Waals surface area contributed by atoms with Gasteiger partial charge < -0.3 is 29.4 Å². The Morgan fingerprint density at radius 1 is 1.19 bits per heavy atom.